The maximum absolute atomic E-state index is 5.36. The monoisotopic (exact) mass is 273 g/mol. The number of fused-ring (bicyclic) bond motifs is 1. The summed E-state index contributed by atoms with van der Waals surface area (Å²) in [5.41, 5.74) is 4.78. The van der Waals surface area contributed by atoms with Gasteiger partial charge in [-0.15, -0.1) is 0 Å². The van der Waals surface area contributed by atoms with Crippen LogP contribution >= 0.6 is 11.3 Å². The first-order valence-electron chi connectivity index (χ1n) is 6.17. The van der Waals surface area contributed by atoms with Crippen LogP contribution in [0.25, 0.3) is 11.0 Å². The summed E-state index contributed by atoms with van der Waals surface area (Å²) in [6, 6.07) is 8.21. The Labute approximate surface area is 115 Å². The summed E-state index contributed by atoms with van der Waals surface area (Å²) in [5.74, 6) is 6.46. The van der Waals surface area contributed by atoms with Gasteiger partial charge in [-0.1, -0.05) is 30.4 Å². The molecule has 98 valence electrons. The molecule has 0 unspecified atom stereocenters. The molecule has 0 bridgehead atoms. The lowest BCUT2D eigenvalue weighted by molar-refractivity contribution is 0.760. The molecular weight excluding hydrogens is 258 g/mol. The number of aromatic nitrogens is 3. The van der Waals surface area contributed by atoms with E-state index < -0.39 is 0 Å². The first-order chi connectivity index (χ1) is 9.31. The number of nitrogen functional groups attached to an aromatic ring is 1. The van der Waals surface area contributed by atoms with Crippen molar-refractivity contribution in [2.24, 2.45) is 5.84 Å². The van der Waals surface area contributed by atoms with Crippen molar-refractivity contribution in [3.05, 3.63) is 41.2 Å². The van der Waals surface area contributed by atoms with E-state index in [-0.39, 0.29) is 0 Å². The molecular formula is C13H15N5S. The molecule has 0 aliphatic heterocycles. The molecule has 0 radical (unpaired) electrons. The van der Waals surface area contributed by atoms with Crippen molar-refractivity contribution in [3.63, 3.8) is 0 Å². The molecule has 2 heterocycles. The number of thiazole rings is 1. The standard InChI is InChI=1S/C13H15N5S/c1-2-12-16-10-5-3-4-6-11(10)18(12)8-9-7-15-13(17-14)19-9/h3-7H,2,8,14H2,1H3,(H,15,17). The Bertz CT molecular complexity index is 700. The van der Waals surface area contributed by atoms with E-state index in [1.165, 1.54) is 0 Å². The Hall–Kier alpha value is -1.92. The third kappa shape index (κ3) is 2.20. The van der Waals surface area contributed by atoms with Crippen LogP contribution in [0.3, 0.4) is 0 Å². The molecule has 3 N–H and O–H groups in total. The molecule has 0 saturated heterocycles. The lowest BCUT2D eigenvalue weighted by Gasteiger charge is -2.05. The fourth-order valence-electron chi connectivity index (χ4n) is 2.17. The smallest absolute Gasteiger partial charge is 0.197 e. The van der Waals surface area contributed by atoms with Gasteiger partial charge in [0.1, 0.15) is 5.82 Å². The first-order valence-corrected chi connectivity index (χ1v) is 6.99. The summed E-state index contributed by atoms with van der Waals surface area (Å²) >= 11 is 1.56. The molecule has 0 spiro atoms. The molecule has 0 aliphatic rings. The van der Waals surface area contributed by atoms with Gasteiger partial charge in [-0.3, -0.25) is 5.43 Å². The Morgan fingerprint density at radius 3 is 2.95 bits per heavy atom. The van der Waals surface area contributed by atoms with Gasteiger partial charge in [-0.25, -0.2) is 15.8 Å². The van der Waals surface area contributed by atoms with Crippen LogP contribution in [0.15, 0.2) is 30.5 Å². The molecule has 1 aromatic carbocycles. The lowest BCUT2D eigenvalue weighted by Crippen LogP contribution is -2.05. The van der Waals surface area contributed by atoms with E-state index in [2.05, 4.69) is 33.0 Å². The minimum atomic E-state index is 0.734. The van der Waals surface area contributed by atoms with Crippen LogP contribution in [0.1, 0.15) is 17.6 Å². The van der Waals surface area contributed by atoms with E-state index in [0.717, 1.165) is 39.8 Å². The molecule has 3 aromatic rings. The summed E-state index contributed by atoms with van der Waals surface area (Å²) in [6.45, 7) is 2.90. The Kier molecular flexibility index (Phi) is 3.18. The predicted molar refractivity (Wildman–Crippen MR) is 78.1 cm³/mol. The molecule has 3 rings (SSSR count). The van der Waals surface area contributed by atoms with Crippen molar-refractivity contribution >= 4 is 27.5 Å². The largest absolute Gasteiger partial charge is 0.323 e. The summed E-state index contributed by atoms with van der Waals surface area (Å²) in [5, 5.41) is 0.734. The van der Waals surface area contributed by atoms with E-state index in [1.807, 2.05) is 24.4 Å². The number of imidazole rings is 1. The highest BCUT2D eigenvalue weighted by molar-refractivity contribution is 7.15. The maximum atomic E-state index is 5.36. The number of hydrazine groups is 1. The number of rotatable bonds is 4. The molecule has 2 aromatic heterocycles. The van der Waals surface area contributed by atoms with Crippen molar-refractivity contribution in [2.45, 2.75) is 19.9 Å². The summed E-state index contributed by atoms with van der Waals surface area (Å²) < 4.78 is 2.24. The number of hydrogen-bond acceptors (Lipinski definition) is 5. The SMILES string of the molecule is CCc1nc2ccccc2n1Cc1cnc(NN)s1. The van der Waals surface area contributed by atoms with Crippen LogP contribution in [-0.4, -0.2) is 14.5 Å². The van der Waals surface area contributed by atoms with E-state index in [4.69, 9.17) is 5.84 Å². The van der Waals surface area contributed by atoms with Crippen LogP contribution in [0.5, 0.6) is 0 Å². The van der Waals surface area contributed by atoms with Gasteiger partial charge in [0.25, 0.3) is 0 Å². The van der Waals surface area contributed by atoms with Crippen LogP contribution in [0, 0.1) is 0 Å². The van der Waals surface area contributed by atoms with Gasteiger partial charge >= 0.3 is 0 Å². The quantitative estimate of drug-likeness (QED) is 0.565. The molecule has 6 heteroatoms. The molecule has 0 aliphatic carbocycles. The highest BCUT2D eigenvalue weighted by Gasteiger charge is 2.10. The Morgan fingerprint density at radius 1 is 1.37 bits per heavy atom. The van der Waals surface area contributed by atoms with E-state index in [0.29, 0.717) is 0 Å². The number of nitrogens with two attached hydrogens (primary N) is 1. The van der Waals surface area contributed by atoms with Crippen molar-refractivity contribution in [1.29, 1.82) is 0 Å². The van der Waals surface area contributed by atoms with Crippen LogP contribution in [0.2, 0.25) is 0 Å². The number of nitrogens with zero attached hydrogens (tertiary/aromatic N) is 3. The average molecular weight is 273 g/mol. The minimum Gasteiger partial charge on any atom is -0.323 e. The molecule has 19 heavy (non-hydrogen) atoms. The fourth-order valence-corrected chi connectivity index (χ4v) is 2.89. The lowest BCUT2D eigenvalue weighted by atomic mass is 10.3. The zero-order chi connectivity index (χ0) is 13.2. The van der Waals surface area contributed by atoms with Gasteiger partial charge < -0.3 is 4.57 Å². The Morgan fingerprint density at radius 2 is 2.21 bits per heavy atom. The van der Waals surface area contributed by atoms with Crippen LogP contribution in [-0.2, 0) is 13.0 Å². The number of nitrogens with one attached hydrogen (secondary N) is 1. The maximum Gasteiger partial charge on any atom is 0.197 e. The zero-order valence-electron chi connectivity index (χ0n) is 10.6. The van der Waals surface area contributed by atoms with Crippen molar-refractivity contribution < 1.29 is 0 Å². The summed E-state index contributed by atoms with van der Waals surface area (Å²) in [4.78, 5) is 10.0. The number of benzene rings is 1. The second-order valence-corrected chi connectivity index (χ2v) is 5.35. The molecule has 0 amide bonds. The van der Waals surface area contributed by atoms with Gasteiger partial charge in [0.05, 0.1) is 17.6 Å². The van der Waals surface area contributed by atoms with Crippen LogP contribution < -0.4 is 11.3 Å². The minimum absolute atomic E-state index is 0.734. The average Bonchev–Trinajstić information content (AvgIpc) is 3.04. The van der Waals surface area contributed by atoms with Gasteiger partial charge in [-0.2, -0.15) is 0 Å². The molecule has 5 nitrogen and oxygen atoms in total. The van der Waals surface area contributed by atoms with Crippen molar-refractivity contribution in [2.75, 3.05) is 5.43 Å². The highest BCUT2D eigenvalue weighted by atomic mass is 32.1. The summed E-state index contributed by atoms with van der Waals surface area (Å²) in [7, 11) is 0. The normalized spacial score (nSPS) is 11.1. The second-order valence-electron chi connectivity index (χ2n) is 4.23. The molecule has 0 atom stereocenters. The van der Waals surface area contributed by atoms with E-state index in [1.54, 1.807) is 11.3 Å². The third-order valence-corrected chi connectivity index (χ3v) is 3.95. The van der Waals surface area contributed by atoms with Gasteiger partial charge in [-0.05, 0) is 12.1 Å². The number of aryl methyl sites for hydroxylation is 1. The van der Waals surface area contributed by atoms with Gasteiger partial charge in [0.15, 0.2) is 5.13 Å². The Balaban J connectivity index is 2.03. The van der Waals surface area contributed by atoms with E-state index >= 15 is 0 Å². The van der Waals surface area contributed by atoms with Crippen molar-refractivity contribution in [3.8, 4) is 0 Å². The van der Waals surface area contributed by atoms with Crippen LogP contribution in [0.4, 0.5) is 5.13 Å². The second kappa shape index (κ2) is 4.99. The predicted octanol–water partition coefficient (Wildman–Crippen LogP) is 2.39. The van der Waals surface area contributed by atoms with Crippen molar-refractivity contribution in [1.82, 2.24) is 14.5 Å². The molecule has 0 saturated carbocycles. The number of anilines is 1. The summed E-state index contributed by atoms with van der Waals surface area (Å²) in [6.07, 6.45) is 2.77. The van der Waals surface area contributed by atoms with E-state index in [9.17, 15) is 0 Å². The first kappa shape index (κ1) is 12.1. The van der Waals surface area contributed by atoms with Gasteiger partial charge in [0, 0.05) is 17.5 Å². The number of para-hydroxylation sites is 2. The molecule has 0 fully saturated rings. The zero-order valence-corrected chi connectivity index (χ0v) is 11.4. The highest BCUT2D eigenvalue weighted by Crippen LogP contribution is 2.22. The topological polar surface area (TPSA) is 68.8 Å². The fraction of sp³-hybridized carbons (Fsp3) is 0.231. The number of hydrogen-bond donors (Lipinski definition) is 2. The third-order valence-electron chi connectivity index (χ3n) is 3.04. The van der Waals surface area contributed by atoms with Gasteiger partial charge in [0.2, 0.25) is 0 Å².